The van der Waals surface area contributed by atoms with Crippen LogP contribution in [0.4, 0.5) is 0 Å². The van der Waals surface area contributed by atoms with Gasteiger partial charge in [0, 0.05) is 22.7 Å². The van der Waals surface area contributed by atoms with Gasteiger partial charge in [-0.25, -0.2) is 0 Å². The number of hydrogen-bond donors (Lipinski definition) is 1. The van der Waals surface area contributed by atoms with Crippen molar-refractivity contribution in [2.75, 3.05) is 13.6 Å². The quantitative estimate of drug-likeness (QED) is 0.880. The molecule has 0 amide bonds. The summed E-state index contributed by atoms with van der Waals surface area (Å²) in [6.45, 7) is 3.74. The van der Waals surface area contributed by atoms with Gasteiger partial charge in [0.25, 0.3) is 0 Å². The van der Waals surface area contributed by atoms with E-state index >= 15 is 0 Å². The minimum absolute atomic E-state index is 0.208. The van der Waals surface area contributed by atoms with Crippen molar-refractivity contribution in [1.82, 2.24) is 4.90 Å². The van der Waals surface area contributed by atoms with E-state index in [9.17, 15) is 5.11 Å². The second-order valence-corrected chi connectivity index (χ2v) is 5.79. The summed E-state index contributed by atoms with van der Waals surface area (Å²) in [6, 6.07) is 10.7. The van der Waals surface area contributed by atoms with E-state index in [1.807, 2.05) is 18.3 Å². The molecule has 1 heterocycles. The number of rotatable bonds is 5. The number of hydrogen-bond acceptors (Lipinski definition) is 3. The maximum Gasteiger partial charge on any atom is 0.0524 e. The Labute approximate surface area is 106 Å². The van der Waals surface area contributed by atoms with Gasteiger partial charge >= 0.3 is 0 Å². The summed E-state index contributed by atoms with van der Waals surface area (Å²) in [5.74, 6) is 0. The maximum absolute atomic E-state index is 9.26. The fourth-order valence-electron chi connectivity index (χ4n) is 1.87. The zero-order valence-electron chi connectivity index (χ0n) is 10.4. The van der Waals surface area contributed by atoms with Crippen LogP contribution in [0.5, 0.6) is 0 Å². The van der Waals surface area contributed by atoms with Gasteiger partial charge < -0.3 is 10.0 Å². The van der Waals surface area contributed by atoms with Gasteiger partial charge in [-0.1, -0.05) is 18.2 Å². The van der Waals surface area contributed by atoms with Gasteiger partial charge in [0.1, 0.15) is 0 Å². The molecule has 0 aliphatic rings. The Bertz CT molecular complexity index is 445. The highest BCUT2D eigenvalue weighted by Crippen LogP contribution is 2.25. The molecule has 92 valence electrons. The molecule has 0 saturated heterocycles. The van der Waals surface area contributed by atoms with Crippen molar-refractivity contribution in [3.8, 4) is 0 Å². The van der Waals surface area contributed by atoms with E-state index in [2.05, 4.69) is 42.3 Å². The molecule has 0 aliphatic heterocycles. The Morgan fingerprint density at radius 2 is 2.12 bits per heavy atom. The molecule has 2 nitrogen and oxygen atoms in total. The van der Waals surface area contributed by atoms with Crippen LogP contribution in [0.2, 0.25) is 0 Å². The maximum atomic E-state index is 9.26. The largest absolute Gasteiger partial charge is 0.393 e. The Morgan fingerprint density at radius 1 is 1.35 bits per heavy atom. The van der Waals surface area contributed by atoms with Crippen LogP contribution in [-0.2, 0) is 6.54 Å². The molecule has 3 heteroatoms. The molecule has 17 heavy (non-hydrogen) atoms. The van der Waals surface area contributed by atoms with Crippen LogP contribution in [0.25, 0.3) is 10.1 Å². The number of nitrogens with zero attached hydrogens (tertiary/aromatic N) is 1. The van der Waals surface area contributed by atoms with E-state index in [1.165, 1.54) is 15.0 Å². The summed E-state index contributed by atoms with van der Waals surface area (Å²) in [5, 5.41) is 10.6. The average molecular weight is 249 g/mol. The number of aliphatic hydroxyl groups is 1. The minimum atomic E-state index is -0.208. The molecule has 2 aromatic rings. The zero-order chi connectivity index (χ0) is 12.3. The third kappa shape index (κ3) is 3.53. The third-order valence-electron chi connectivity index (χ3n) is 2.83. The number of benzene rings is 1. The van der Waals surface area contributed by atoms with E-state index in [0.717, 1.165) is 19.5 Å². The molecule has 0 radical (unpaired) electrons. The monoisotopic (exact) mass is 249 g/mol. The SMILES string of the molecule is CC(O)CCN(C)Cc1cc2ccccc2s1. The molecule has 2 rings (SSSR count). The highest BCUT2D eigenvalue weighted by Gasteiger charge is 2.05. The lowest BCUT2D eigenvalue weighted by Gasteiger charge is -2.16. The van der Waals surface area contributed by atoms with Crippen LogP contribution < -0.4 is 0 Å². The van der Waals surface area contributed by atoms with Gasteiger partial charge in [-0.15, -0.1) is 11.3 Å². The fraction of sp³-hybridized carbons (Fsp3) is 0.429. The minimum Gasteiger partial charge on any atom is -0.393 e. The van der Waals surface area contributed by atoms with Crippen molar-refractivity contribution in [1.29, 1.82) is 0 Å². The van der Waals surface area contributed by atoms with Gasteiger partial charge in [0.15, 0.2) is 0 Å². The highest BCUT2D eigenvalue weighted by molar-refractivity contribution is 7.19. The van der Waals surface area contributed by atoms with Gasteiger partial charge in [-0.2, -0.15) is 0 Å². The highest BCUT2D eigenvalue weighted by atomic mass is 32.1. The molecule has 0 spiro atoms. The zero-order valence-corrected chi connectivity index (χ0v) is 11.2. The van der Waals surface area contributed by atoms with E-state index in [1.54, 1.807) is 0 Å². The fourth-order valence-corrected chi connectivity index (χ4v) is 3.01. The second-order valence-electron chi connectivity index (χ2n) is 4.63. The summed E-state index contributed by atoms with van der Waals surface area (Å²) >= 11 is 1.86. The van der Waals surface area contributed by atoms with E-state index in [0.29, 0.717) is 0 Å². The number of aliphatic hydroxyl groups excluding tert-OH is 1. The van der Waals surface area contributed by atoms with Gasteiger partial charge in [-0.3, -0.25) is 0 Å². The topological polar surface area (TPSA) is 23.5 Å². The van der Waals surface area contributed by atoms with Crippen LogP contribution in [0.1, 0.15) is 18.2 Å². The second kappa shape index (κ2) is 5.63. The first-order valence-electron chi connectivity index (χ1n) is 5.99. The Morgan fingerprint density at radius 3 is 2.82 bits per heavy atom. The van der Waals surface area contributed by atoms with Crippen LogP contribution in [-0.4, -0.2) is 29.7 Å². The normalized spacial score (nSPS) is 13.4. The van der Waals surface area contributed by atoms with E-state index < -0.39 is 0 Å². The Kier molecular flexibility index (Phi) is 4.15. The van der Waals surface area contributed by atoms with Gasteiger partial charge in [0.05, 0.1) is 6.10 Å². The molecular weight excluding hydrogens is 230 g/mol. The molecule has 0 aliphatic carbocycles. The molecule has 0 bridgehead atoms. The standard InChI is InChI=1S/C14H19NOS/c1-11(16)7-8-15(2)10-13-9-12-5-3-4-6-14(12)17-13/h3-6,9,11,16H,7-8,10H2,1-2H3. The summed E-state index contributed by atoms with van der Waals surface area (Å²) in [4.78, 5) is 3.65. The smallest absolute Gasteiger partial charge is 0.0524 e. The Hall–Kier alpha value is -0.900. The number of fused-ring (bicyclic) bond motifs is 1. The lowest BCUT2D eigenvalue weighted by Crippen LogP contribution is -2.21. The predicted octanol–water partition coefficient (Wildman–Crippen LogP) is 3.10. The molecule has 0 fully saturated rings. The molecule has 1 aromatic heterocycles. The summed E-state index contributed by atoms with van der Waals surface area (Å²) in [5.41, 5.74) is 0. The van der Waals surface area contributed by atoms with Crippen LogP contribution in [0.3, 0.4) is 0 Å². The van der Waals surface area contributed by atoms with Crippen LogP contribution >= 0.6 is 11.3 Å². The molecule has 1 N–H and O–H groups in total. The van der Waals surface area contributed by atoms with Crippen LogP contribution in [0, 0.1) is 0 Å². The van der Waals surface area contributed by atoms with Crippen molar-refractivity contribution in [2.45, 2.75) is 26.0 Å². The predicted molar refractivity (Wildman–Crippen MR) is 74.5 cm³/mol. The molecule has 1 aromatic carbocycles. The van der Waals surface area contributed by atoms with Gasteiger partial charge in [0.2, 0.25) is 0 Å². The summed E-state index contributed by atoms with van der Waals surface area (Å²) in [7, 11) is 2.10. The van der Waals surface area contributed by atoms with Crippen molar-refractivity contribution >= 4 is 21.4 Å². The van der Waals surface area contributed by atoms with Crippen molar-refractivity contribution in [3.05, 3.63) is 35.2 Å². The van der Waals surface area contributed by atoms with Crippen molar-refractivity contribution < 1.29 is 5.11 Å². The molecule has 1 atom stereocenters. The van der Waals surface area contributed by atoms with E-state index in [-0.39, 0.29) is 6.10 Å². The van der Waals surface area contributed by atoms with Crippen molar-refractivity contribution in [2.24, 2.45) is 0 Å². The molecule has 0 saturated carbocycles. The Balaban J connectivity index is 1.98. The lowest BCUT2D eigenvalue weighted by molar-refractivity contribution is 0.163. The average Bonchev–Trinajstić information content (AvgIpc) is 2.68. The van der Waals surface area contributed by atoms with Crippen molar-refractivity contribution in [3.63, 3.8) is 0 Å². The first-order valence-corrected chi connectivity index (χ1v) is 6.81. The third-order valence-corrected chi connectivity index (χ3v) is 3.93. The summed E-state index contributed by atoms with van der Waals surface area (Å²) < 4.78 is 1.35. The van der Waals surface area contributed by atoms with E-state index in [4.69, 9.17) is 0 Å². The summed E-state index contributed by atoms with van der Waals surface area (Å²) in [6.07, 6.45) is 0.626. The first-order chi connectivity index (χ1) is 8.15. The van der Waals surface area contributed by atoms with Crippen LogP contribution in [0.15, 0.2) is 30.3 Å². The molecule has 1 unspecified atom stereocenters. The number of thiophene rings is 1. The van der Waals surface area contributed by atoms with Gasteiger partial charge in [-0.05, 0) is 37.9 Å². The first kappa shape index (κ1) is 12.6. The molecular formula is C14H19NOS. The lowest BCUT2D eigenvalue weighted by atomic mass is 10.2.